The van der Waals surface area contributed by atoms with Crippen LogP contribution in [0, 0.1) is 0 Å². The van der Waals surface area contributed by atoms with E-state index in [-0.39, 0.29) is 26.2 Å². The van der Waals surface area contributed by atoms with Gasteiger partial charge in [0.05, 0.1) is 10.5 Å². The third-order valence-corrected chi connectivity index (χ3v) is 7.19. The predicted octanol–water partition coefficient (Wildman–Crippen LogP) is 1.33. The summed E-state index contributed by atoms with van der Waals surface area (Å²) < 4.78 is 66.2. The van der Waals surface area contributed by atoms with Crippen LogP contribution in [0.1, 0.15) is 12.0 Å². The first-order valence-corrected chi connectivity index (χ1v) is 11.8. The second-order valence-electron chi connectivity index (χ2n) is 6.57. The van der Waals surface area contributed by atoms with E-state index in [4.69, 9.17) is 5.73 Å². The Bertz CT molecular complexity index is 872. The van der Waals surface area contributed by atoms with Crippen LogP contribution >= 0.6 is 11.8 Å². The molecule has 1 aliphatic heterocycles. The maximum atomic E-state index is 13.2. The van der Waals surface area contributed by atoms with Crippen LogP contribution in [0.4, 0.5) is 18.0 Å². The van der Waals surface area contributed by atoms with Gasteiger partial charge in [-0.1, -0.05) is 12.1 Å². The maximum absolute atomic E-state index is 13.2. The number of alkyl halides is 3. The zero-order valence-corrected chi connectivity index (χ0v) is 17.8. The molecular weight excluding hydrogens is 445 g/mol. The number of carbonyl (C=O) groups is 2. The van der Waals surface area contributed by atoms with Gasteiger partial charge in [0.1, 0.15) is 6.04 Å². The van der Waals surface area contributed by atoms with Gasteiger partial charge in [-0.3, -0.25) is 4.79 Å². The molecule has 2 rings (SSSR count). The molecule has 0 spiro atoms. The summed E-state index contributed by atoms with van der Waals surface area (Å²) in [5.74, 6) is 0.190. The lowest BCUT2D eigenvalue weighted by Crippen LogP contribution is -2.56. The molecule has 0 aromatic heterocycles. The number of benzene rings is 1. The van der Waals surface area contributed by atoms with E-state index < -0.39 is 44.6 Å². The van der Waals surface area contributed by atoms with Crippen LogP contribution in [0.5, 0.6) is 0 Å². The van der Waals surface area contributed by atoms with Crippen molar-refractivity contribution in [2.45, 2.75) is 23.5 Å². The molecule has 1 aromatic rings. The van der Waals surface area contributed by atoms with Crippen molar-refractivity contribution in [3.63, 3.8) is 0 Å². The molecule has 0 saturated carbocycles. The van der Waals surface area contributed by atoms with Crippen LogP contribution in [0.3, 0.4) is 0 Å². The Morgan fingerprint density at radius 3 is 2.33 bits per heavy atom. The molecule has 168 valence electrons. The number of halogens is 3. The normalized spacial score (nSPS) is 16.9. The number of hydrogen-bond donors (Lipinski definition) is 2. The van der Waals surface area contributed by atoms with Gasteiger partial charge in [-0.15, -0.1) is 0 Å². The minimum Gasteiger partial charge on any atom is -0.352 e. The average Bonchev–Trinajstić information content (AvgIpc) is 2.69. The number of hydrogen-bond acceptors (Lipinski definition) is 5. The third kappa shape index (κ3) is 5.79. The van der Waals surface area contributed by atoms with Gasteiger partial charge in [0.15, 0.2) is 0 Å². The van der Waals surface area contributed by atoms with Gasteiger partial charge in [0.2, 0.25) is 15.9 Å². The lowest BCUT2D eigenvalue weighted by atomic mass is 10.2. The summed E-state index contributed by atoms with van der Waals surface area (Å²) in [5.41, 5.74) is 3.89. The maximum Gasteiger partial charge on any atom is 0.417 e. The van der Waals surface area contributed by atoms with Crippen LogP contribution in [-0.2, 0) is 21.0 Å². The Labute approximate surface area is 177 Å². The number of nitrogens with one attached hydrogen (secondary N) is 1. The van der Waals surface area contributed by atoms with E-state index >= 15 is 0 Å². The lowest BCUT2D eigenvalue weighted by molar-refractivity contribution is -0.139. The summed E-state index contributed by atoms with van der Waals surface area (Å²) in [5, 5.41) is 2.38. The van der Waals surface area contributed by atoms with E-state index in [1.807, 2.05) is 6.26 Å². The van der Waals surface area contributed by atoms with Crippen molar-refractivity contribution in [1.82, 2.24) is 14.5 Å². The predicted molar refractivity (Wildman–Crippen MR) is 106 cm³/mol. The van der Waals surface area contributed by atoms with Gasteiger partial charge in [-0.25, -0.2) is 13.2 Å². The number of urea groups is 1. The largest absolute Gasteiger partial charge is 0.417 e. The summed E-state index contributed by atoms with van der Waals surface area (Å²) in [7, 11) is -4.40. The van der Waals surface area contributed by atoms with Crippen LogP contribution in [0.2, 0.25) is 0 Å². The smallest absolute Gasteiger partial charge is 0.352 e. The average molecular weight is 469 g/mol. The molecule has 13 heteroatoms. The Morgan fingerprint density at radius 1 is 1.20 bits per heavy atom. The topological polar surface area (TPSA) is 113 Å². The Balaban J connectivity index is 2.13. The van der Waals surface area contributed by atoms with E-state index in [1.165, 1.54) is 22.7 Å². The SMILES string of the molecule is CSCC[C@@H](NC(N)=O)C(=O)N1CCN(S(=O)(=O)c2ccccc2C(F)(F)F)CC1. The van der Waals surface area contributed by atoms with Crippen LogP contribution in [-0.4, -0.2) is 73.8 Å². The minimum atomic E-state index is -4.81. The number of nitrogens with two attached hydrogens (primary N) is 1. The minimum absolute atomic E-state index is 0.0115. The highest BCUT2D eigenvalue weighted by Gasteiger charge is 2.40. The number of nitrogens with zero attached hydrogens (tertiary/aromatic N) is 2. The number of rotatable bonds is 7. The summed E-state index contributed by atoms with van der Waals surface area (Å²) in [6, 6.07) is 2.30. The number of thioether (sulfide) groups is 1. The third-order valence-electron chi connectivity index (χ3n) is 4.59. The van der Waals surface area contributed by atoms with Gasteiger partial charge in [0, 0.05) is 26.2 Å². The Morgan fingerprint density at radius 2 is 1.80 bits per heavy atom. The second-order valence-corrected chi connectivity index (χ2v) is 9.46. The highest BCUT2D eigenvalue weighted by molar-refractivity contribution is 7.98. The molecule has 0 unspecified atom stereocenters. The van der Waals surface area contributed by atoms with Gasteiger partial charge in [0.25, 0.3) is 0 Å². The highest BCUT2D eigenvalue weighted by atomic mass is 32.2. The molecule has 3 amide bonds. The molecule has 1 saturated heterocycles. The summed E-state index contributed by atoms with van der Waals surface area (Å²) >= 11 is 1.48. The lowest BCUT2D eigenvalue weighted by Gasteiger charge is -2.36. The fourth-order valence-corrected chi connectivity index (χ4v) is 5.20. The summed E-state index contributed by atoms with van der Waals surface area (Å²) in [4.78, 5) is 24.4. The van der Waals surface area contributed by atoms with Crippen molar-refractivity contribution in [2.75, 3.05) is 38.2 Å². The van der Waals surface area contributed by atoms with Gasteiger partial charge in [-0.05, 0) is 30.6 Å². The number of primary amides is 1. The van der Waals surface area contributed by atoms with Crippen molar-refractivity contribution >= 4 is 33.7 Å². The van der Waals surface area contributed by atoms with E-state index in [1.54, 1.807) is 0 Å². The Hall–Kier alpha value is -1.99. The van der Waals surface area contributed by atoms with E-state index in [9.17, 15) is 31.2 Å². The van der Waals surface area contributed by atoms with E-state index in [2.05, 4.69) is 5.32 Å². The number of carbonyl (C=O) groups excluding carboxylic acids is 2. The van der Waals surface area contributed by atoms with Crippen LogP contribution < -0.4 is 11.1 Å². The quantitative estimate of drug-likeness (QED) is 0.627. The molecule has 1 atom stereocenters. The molecule has 0 radical (unpaired) electrons. The monoisotopic (exact) mass is 468 g/mol. The zero-order valence-electron chi connectivity index (χ0n) is 16.2. The van der Waals surface area contributed by atoms with Crippen LogP contribution in [0.15, 0.2) is 29.2 Å². The van der Waals surface area contributed by atoms with Gasteiger partial charge in [-0.2, -0.15) is 29.2 Å². The van der Waals surface area contributed by atoms with Crippen molar-refractivity contribution < 1.29 is 31.2 Å². The summed E-state index contributed by atoms with van der Waals surface area (Å²) in [6.07, 6.45) is -2.62. The second kappa shape index (κ2) is 9.88. The molecule has 1 fully saturated rings. The highest BCUT2D eigenvalue weighted by Crippen LogP contribution is 2.35. The van der Waals surface area contributed by atoms with Crippen molar-refractivity contribution in [3.8, 4) is 0 Å². The number of amides is 3. The first-order valence-electron chi connectivity index (χ1n) is 8.98. The Kier molecular flexibility index (Phi) is 7.99. The molecule has 1 aliphatic rings. The van der Waals surface area contributed by atoms with E-state index in [0.717, 1.165) is 22.5 Å². The standard InChI is InChI=1S/C17H23F3N4O4S2/c1-29-11-6-13(22-16(21)26)15(25)23-7-9-24(10-8-23)30(27,28)14-5-3-2-4-12(14)17(18,19)20/h2-5,13H,6-11H2,1H3,(H3,21,22,26)/t13-/m1/s1. The number of sulfonamides is 1. The molecule has 0 bridgehead atoms. The van der Waals surface area contributed by atoms with Crippen LogP contribution in [0.25, 0.3) is 0 Å². The molecule has 8 nitrogen and oxygen atoms in total. The van der Waals surface area contributed by atoms with Gasteiger partial charge >= 0.3 is 12.2 Å². The fourth-order valence-electron chi connectivity index (χ4n) is 3.10. The molecule has 1 aromatic carbocycles. The molecule has 3 N–H and O–H groups in total. The molecular formula is C17H23F3N4O4S2. The fraction of sp³-hybridized carbons (Fsp3) is 0.529. The molecule has 30 heavy (non-hydrogen) atoms. The van der Waals surface area contributed by atoms with E-state index in [0.29, 0.717) is 12.2 Å². The van der Waals surface area contributed by atoms with Crippen molar-refractivity contribution in [1.29, 1.82) is 0 Å². The van der Waals surface area contributed by atoms with Crippen molar-refractivity contribution in [3.05, 3.63) is 29.8 Å². The first-order chi connectivity index (χ1) is 14.0. The van der Waals surface area contributed by atoms with Gasteiger partial charge < -0.3 is 16.0 Å². The number of piperazine rings is 1. The summed E-state index contributed by atoms with van der Waals surface area (Å²) in [6.45, 7) is -0.344. The zero-order chi connectivity index (χ0) is 22.5. The van der Waals surface area contributed by atoms with Crippen molar-refractivity contribution in [2.24, 2.45) is 5.73 Å². The molecule has 0 aliphatic carbocycles. The molecule has 1 heterocycles. The first kappa shape index (κ1) is 24.3.